The van der Waals surface area contributed by atoms with Crippen LogP contribution in [0.15, 0.2) is 35.2 Å². The summed E-state index contributed by atoms with van der Waals surface area (Å²) in [5, 5.41) is 11.0. The van der Waals surface area contributed by atoms with Gasteiger partial charge in [0.05, 0.1) is 21.8 Å². The lowest BCUT2D eigenvalue weighted by atomic mass is 9.82. The van der Waals surface area contributed by atoms with E-state index in [2.05, 4.69) is 0 Å². The van der Waals surface area contributed by atoms with Crippen LogP contribution in [0.3, 0.4) is 0 Å². The van der Waals surface area contributed by atoms with Crippen LogP contribution in [0.2, 0.25) is 5.02 Å². The van der Waals surface area contributed by atoms with E-state index in [9.17, 15) is 23.3 Å². The number of nitrogens with zero attached hydrogens (tertiary/aromatic N) is 2. The van der Waals surface area contributed by atoms with E-state index in [0.717, 1.165) is 17.2 Å². The summed E-state index contributed by atoms with van der Waals surface area (Å²) in [6.45, 7) is 4.11. The molecule has 0 amide bonds. The highest BCUT2D eigenvalue weighted by Gasteiger charge is 2.45. The molecule has 0 atom stereocenters. The number of ketones is 1. The van der Waals surface area contributed by atoms with Crippen LogP contribution in [0.4, 0.5) is 5.69 Å². The number of nitro groups is 1. The topological polar surface area (TPSA) is 107 Å². The predicted molar refractivity (Wildman–Crippen MR) is 114 cm³/mol. The van der Waals surface area contributed by atoms with Gasteiger partial charge in [0, 0.05) is 32.0 Å². The number of carbonyl (C=O) groups is 1. The molecule has 31 heavy (non-hydrogen) atoms. The van der Waals surface area contributed by atoms with E-state index in [0.29, 0.717) is 24.2 Å². The Kier molecular flexibility index (Phi) is 5.31. The molecule has 0 bridgehead atoms. The average Bonchev–Trinajstić information content (AvgIpc) is 2.69. The van der Waals surface area contributed by atoms with Crippen molar-refractivity contribution < 1.29 is 22.9 Å². The summed E-state index contributed by atoms with van der Waals surface area (Å²) >= 11 is 5.80. The number of sulfonamides is 1. The molecule has 8 nitrogen and oxygen atoms in total. The molecule has 2 aromatic rings. The molecule has 0 aromatic heterocycles. The number of piperidine rings is 1. The maximum Gasteiger partial charge on any atom is 0.289 e. The lowest BCUT2D eigenvalue weighted by molar-refractivity contribution is -0.384. The van der Waals surface area contributed by atoms with Crippen LogP contribution in [-0.4, -0.2) is 42.1 Å². The van der Waals surface area contributed by atoms with Gasteiger partial charge in [-0.1, -0.05) is 17.7 Å². The number of carbonyl (C=O) groups excluding carboxylic acids is 1. The first-order valence-electron chi connectivity index (χ1n) is 9.80. The Morgan fingerprint density at radius 1 is 1.16 bits per heavy atom. The summed E-state index contributed by atoms with van der Waals surface area (Å²) in [4.78, 5) is 23.0. The minimum Gasteiger partial charge on any atom is -0.486 e. The zero-order chi connectivity index (χ0) is 22.6. The highest BCUT2D eigenvalue weighted by atomic mass is 35.5. The van der Waals surface area contributed by atoms with Gasteiger partial charge in [-0.2, -0.15) is 4.31 Å². The van der Waals surface area contributed by atoms with Crippen molar-refractivity contribution in [1.82, 2.24) is 4.31 Å². The Morgan fingerprint density at radius 2 is 1.84 bits per heavy atom. The molecule has 0 saturated carbocycles. The van der Waals surface area contributed by atoms with Gasteiger partial charge in [-0.05, 0) is 43.2 Å². The quantitative estimate of drug-likeness (QED) is 0.501. The van der Waals surface area contributed by atoms with Crippen molar-refractivity contribution in [2.45, 2.75) is 43.6 Å². The van der Waals surface area contributed by atoms with Gasteiger partial charge in [0.1, 0.15) is 16.4 Å². The Morgan fingerprint density at radius 3 is 2.48 bits per heavy atom. The number of aryl methyl sites for hydroxylation is 2. The van der Waals surface area contributed by atoms with Crippen LogP contribution in [0.5, 0.6) is 5.75 Å². The third-order valence-corrected chi connectivity index (χ3v) is 8.12. The first-order valence-corrected chi connectivity index (χ1v) is 11.6. The van der Waals surface area contributed by atoms with Crippen molar-refractivity contribution in [3.05, 3.63) is 62.2 Å². The monoisotopic (exact) mass is 464 g/mol. The largest absolute Gasteiger partial charge is 0.486 e. The number of nitro benzene ring substituents is 1. The van der Waals surface area contributed by atoms with Crippen LogP contribution in [0.1, 0.15) is 40.7 Å². The number of benzene rings is 2. The first kappa shape index (κ1) is 21.7. The predicted octanol–water partition coefficient (Wildman–Crippen LogP) is 4.05. The zero-order valence-electron chi connectivity index (χ0n) is 17.1. The second-order valence-corrected chi connectivity index (χ2v) is 10.5. The van der Waals surface area contributed by atoms with Gasteiger partial charge in [0.15, 0.2) is 5.78 Å². The van der Waals surface area contributed by atoms with Crippen LogP contribution in [0.25, 0.3) is 0 Å². The number of halogens is 1. The summed E-state index contributed by atoms with van der Waals surface area (Å²) in [6.07, 6.45) is 0.893. The Bertz CT molecular complexity index is 1200. The number of rotatable bonds is 3. The van der Waals surface area contributed by atoms with Crippen molar-refractivity contribution in [2.24, 2.45) is 0 Å². The standard InChI is InChI=1S/C21H21ClN2O6S/c1-13-9-14(2)20-16(10-13)19(25)12-21(30-20)5-7-23(8-6-21)31(28,29)15-3-4-17(22)18(11-15)24(26)27/h3-4,9-11H,5-8,12H2,1-2H3. The number of ether oxygens (including phenoxy) is 1. The molecule has 2 aliphatic heterocycles. The maximum atomic E-state index is 13.1. The maximum absolute atomic E-state index is 13.1. The van der Waals surface area contributed by atoms with Crippen LogP contribution in [-0.2, 0) is 10.0 Å². The molecule has 2 aliphatic rings. The summed E-state index contributed by atoms with van der Waals surface area (Å²) in [6, 6.07) is 7.23. The number of hydrogen-bond acceptors (Lipinski definition) is 6. The molecular formula is C21H21ClN2O6S. The molecule has 164 valence electrons. The molecular weight excluding hydrogens is 444 g/mol. The van der Waals surface area contributed by atoms with E-state index in [4.69, 9.17) is 16.3 Å². The third-order valence-electron chi connectivity index (χ3n) is 5.91. The molecule has 4 rings (SSSR count). The van der Waals surface area contributed by atoms with Gasteiger partial charge in [-0.3, -0.25) is 14.9 Å². The summed E-state index contributed by atoms with van der Waals surface area (Å²) in [5.74, 6) is 0.573. The Labute approximate surface area is 185 Å². The van der Waals surface area contributed by atoms with E-state index < -0.39 is 26.2 Å². The molecule has 0 N–H and O–H groups in total. The minimum absolute atomic E-state index is 0.00215. The number of fused-ring (bicyclic) bond motifs is 1. The lowest BCUT2D eigenvalue weighted by Crippen LogP contribution is -2.52. The number of hydrogen-bond donors (Lipinski definition) is 0. The van der Waals surface area contributed by atoms with Crippen molar-refractivity contribution in [3.8, 4) is 5.75 Å². The molecule has 1 saturated heterocycles. The number of Topliss-reactive ketones (excluding diaryl/α,β-unsaturated/α-hetero) is 1. The first-order chi connectivity index (χ1) is 14.5. The fourth-order valence-corrected chi connectivity index (χ4v) is 5.94. The summed E-state index contributed by atoms with van der Waals surface area (Å²) in [5.41, 5.74) is 1.24. The van der Waals surface area contributed by atoms with Gasteiger partial charge >= 0.3 is 0 Å². The Hall–Kier alpha value is -2.49. The Balaban J connectivity index is 1.57. The fraction of sp³-hybridized carbons (Fsp3) is 0.381. The molecule has 1 fully saturated rings. The zero-order valence-corrected chi connectivity index (χ0v) is 18.6. The summed E-state index contributed by atoms with van der Waals surface area (Å²) in [7, 11) is -3.95. The molecule has 10 heteroatoms. The molecule has 2 aromatic carbocycles. The van der Waals surface area contributed by atoms with E-state index in [1.54, 1.807) is 0 Å². The summed E-state index contributed by atoms with van der Waals surface area (Å²) < 4.78 is 33.7. The smallest absolute Gasteiger partial charge is 0.289 e. The third kappa shape index (κ3) is 3.81. The van der Waals surface area contributed by atoms with E-state index in [1.807, 2.05) is 26.0 Å². The van der Waals surface area contributed by atoms with Crippen molar-refractivity contribution in [3.63, 3.8) is 0 Å². The van der Waals surface area contributed by atoms with E-state index in [-0.39, 0.29) is 35.2 Å². The van der Waals surface area contributed by atoms with Gasteiger partial charge in [0.2, 0.25) is 10.0 Å². The van der Waals surface area contributed by atoms with Gasteiger partial charge in [-0.15, -0.1) is 0 Å². The van der Waals surface area contributed by atoms with Crippen LogP contribution >= 0.6 is 11.6 Å². The molecule has 0 radical (unpaired) electrons. The second kappa shape index (κ2) is 7.58. The second-order valence-electron chi connectivity index (χ2n) is 8.12. The lowest BCUT2D eigenvalue weighted by Gasteiger charge is -2.44. The SMILES string of the molecule is Cc1cc(C)c2c(c1)C(=O)CC1(CCN(S(=O)(=O)c3ccc(Cl)c([N+](=O)[O-])c3)CC1)O2. The molecule has 2 heterocycles. The highest BCUT2D eigenvalue weighted by molar-refractivity contribution is 7.89. The van der Waals surface area contributed by atoms with Crippen LogP contribution in [0, 0.1) is 24.0 Å². The van der Waals surface area contributed by atoms with Crippen molar-refractivity contribution in [1.29, 1.82) is 0 Å². The molecule has 0 aliphatic carbocycles. The fourth-order valence-electron chi connectivity index (χ4n) is 4.29. The van der Waals surface area contributed by atoms with Crippen molar-refractivity contribution in [2.75, 3.05) is 13.1 Å². The highest BCUT2D eigenvalue weighted by Crippen LogP contribution is 2.42. The van der Waals surface area contributed by atoms with Gasteiger partial charge < -0.3 is 4.74 Å². The van der Waals surface area contributed by atoms with Crippen molar-refractivity contribution >= 4 is 33.1 Å². The van der Waals surface area contributed by atoms with E-state index >= 15 is 0 Å². The average molecular weight is 465 g/mol. The van der Waals surface area contributed by atoms with Crippen LogP contribution < -0.4 is 4.74 Å². The van der Waals surface area contributed by atoms with Gasteiger partial charge in [0.25, 0.3) is 5.69 Å². The molecule has 0 unspecified atom stereocenters. The van der Waals surface area contributed by atoms with Gasteiger partial charge in [-0.25, -0.2) is 8.42 Å². The van der Waals surface area contributed by atoms with E-state index in [1.165, 1.54) is 16.4 Å². The minimum atomic E-state index is -3.95. The normalized spacial score (nSPS) is 18.5. The molecule has 1 spiro atoms.